The highest BCUT2D eigenvalue weighted by Crippen LogP contribution is 2.22. The Morgan fingerprint density at radius 1 is 0.682 bits per heavy atom. The molecule has 2 atom stereocenters. The van der Waals surface area contributed by atoms with E-state index < -0.39 is 11.1 Å². The molecule has 0 unspecified atom stereocenters. The lowest BCUT2D eigenvalue weighted by molar-refractivity contribution is 0.306. The van der Waals surface area contributed by atoms with Crippen LogP contribution in [-0.2, 0) is 11.1 Å². The third kappa shape index (κ3) is 3.15. The van der Waals surface area contributed by atoms with Gasteiger partial charge in [-0.25, -0.2) is 10.9 Å². The van der Waals surface area contributed by atoms with Crippen molar-refractivity contribution in [3.8, 4) is 12.1 Å². The number of hydrogen-bond donors (Lipinski definition) is 2. The van der Waals surface area contributed by atoms with Gasteiger partial charge in [0.15, 0.2) is 0 Å². The Labute approximate surface area is 131 Å². The second kappa shape index (κ2) is 6.41. The third-order valence-corrected chi connectivity index (χ3v) is 3.71. The zero-order valence-electron chi connectivity index (χ0n) is 12.7. The van der Waals surface area contributed by atoms with Gasteiger partial charge in [0.1, 0.15) is 11.1 Å². The fourth-order valence-electron chi connectivity index (χ4n) is 2.12. The smallest absolute Gasteiger partial charge is 0.141 e. The molecule has 0 fully saturated rings. The van der Waals surface area contributed by atoms with Crippen molar-refractivity contribution < 1.29 is 0 Å². The predicted octanol–water partition coefficient (Wildman–Crippen LogP) is 2.96. The number of rotatable bonds is 5. The van der Waals surface area contributed by atoms with E-state index in [-0.39, 0.29) is 0 Å². The number of hydrogen-bond acceptors (Lipinski definition) is 4. The molecule has 2 aromatic carbocycles. The molecule has 0 amide bonds. The predicted molar refractivity (Wildman–Crippen MR) is 85.1 cm³/mol. The number of nitrogens with one attached hydrogen (secondary N) is 2. The fraction of sp³-hybridized carbons (Fsp3) is 0.222. The number of nitrogens with zero attached hydrogens (tertiary/aromatic N) is 2. The Balaban J connectivity index is 2.23. The van der Waals surface area contributed by atoms with Crippen molar-refractivity contribution in [2.45, 2.75) is 24.9 Å². The van der Waals surface area contributed by atoms with Gasteiger partial charge in [0, 0.05) is 0 Å². The Hall–Kier alpha value is -2.66. The summed E-state index contributed by atoms with van der Waals surface area (Å²) in [5.41, 5.74) is 5.83. The van der Waals surface area contributed by atoms with Crippen molar-refractivity contribution in [3.63, 3.8) is 0 Å². The van der Waals surface area contributed by atoms with E-state index in [9.17, 15) is 10.5 Å². The zero-order valence-corrected chi connectivity index (χ0v) is 12.7. The Bertz CT molecular complexity index is 636. The molecule has 2 aromatic rings. The van der Waals surface area contributed by atoms with Gasteiger partial charge in [-0.1, -0.05) is 60.7 Å². The van der Waals surface area contributed by atoms with Crippen LogP contribution < -0.4 is 10.9 Å². The number of benzene rings is 2. The van der Waals surface area contributed by atoms with Gasteiger partial charge in [0.2, 0.25) is 0 Å². The maximum absolute atomic E-state index is 9.54. The second-order valence-electron chi connectivity index (χ2n) is 5.46. The van der Waals surface area contributed by atoms with Crippen molar-refractivity contribution in [3.05, 3.63) is 71.8 Å². The summed E-state index contributed by atoms with van der Waals surface area (Å²) >= 11 is 0. The molecule has 110 valence electrons. The van der Waals surface area contributed by atoms with Crippen LogP contribution in [-0.4, -0.2) is 0 Å². The maximum Gasteiger partial charge on any atom is 0.141 e. The molecule has 0 radical (unpaired) electrons. The van der Waals surface area contributed by atoms with Gasteiger partial charge < -0.3 is 0 Å². The molecular weight excluding hydrogens is 272 g/mol. The molecule has 22 heavy (non-hydrogen) atoms. The van der Waals surface area contributed by atoms with Crippen LogP contribution in [0.15, 0.2) is 60.7 Å². The molecule has 0 spiro atoms. The maximum atomic E-state index is 9.54. The van der Waals surface area contributed by atoms with Gasteiger partial charge in [0.05, 0.1) is 12.1 Å². The molecule has 2 N–H and O–H groups in total. The first kappa shape index (κ1) is 15.7. The van der Waals surface area contributed by atoms with E-state index in [0.717, 1.165) is 11.1 Å². The standard InChI is InChI=1S/C18H18N4/c1-17(13-19,15-9-5-3-6-10-15)21-22-18(2,14-20)16-11-7-4-8-12-16/h3-12,21-22H,1-2H3/t17-,18-/m1/s1. The molecular formula is C18H18N4. The first-order valence-corrected chi connectivity index (χ1v) is 7.02. The monoisotopic (exact) mass is 290 g/mol. The highest BCUT2D eigenvalue weighted by atomic mass is 15.4. The lowest BCUT2D eigenvalue weighted by atomic mass is 9.92. The van der Waals surface area contributed by atoms with Gasteiger partial charge in [-0.15, -0.1) is 0 Å². The highest BCUT2D eigenvalue weighted by molar-refractivity contribution is 5.32. The third-order valence-electron chi connectivity index (χ3n) is 3.71. The minimum Gasteiger partial charge on any atom is -0.232 e. The van der Waals surface area contributed by atoms with Crippen LogP contribution in [0.1, 0.15) is 25.0 Å². The largest absolute Gasteiger partial charge is 0.232 e. The van der Waals surface area contributed by atoms with Crippen LogP contribution in [0, 0.1) is 22.7 Å². The Kier molecular flexibility index (Phi) is 4.58. The summed E-state index contributed by atoms with van der Waals surface area (Å²) < 4.78 is 0. The lowest BCUT2D eigenvalue weighted by Crippen LogP contribution is -2.55. The average Bonchev–Trinajstić information content (AvgIpc) is 2.61. The summed E-state index contributed by atoms with van der Waals surface area (Å²) in [5, 5.41) is 19.1. The topological polar surface area (TPSA) is 71.6 Å². The average molecular weight is 290 g/mol. The van der Waals surface area contributed by atoms with E-state index in [2.05, 4.69) is 23.0 Å². The first-order valence-electron chi connectivity index (χ1n) is 7.02. The van der Waals surface area contributed by atoms with Gasteiger partial charge in [-0.2, -0.15) is 10.5 Å². The van der Waals surface area contributed by atoms with Crippen molar-refractivity contribution in [1.29, 1.82) is 10.5 Å². The fourth-order valence-corrected chi connectivity index (χ4v) is 2.12. The molecule has 4 heteroatoms. The summed E-state index contributed by atoms with van der Waals surface area (Å²) in [4.78, 5) is 0. The van der Waals surface area contributed by atoms with E-state index >= 15 is 0 Å². The highest BCUT2D eigenvalue weighted by Gasteiger charge is 2.32. The number of nitriles is 2. The van der Waals surface area contributed by atoms with E-state index in [1.165, 1.54) is 0 Å². The quantitative estimate of drug-likeness (QED) is 0.830. The minimum atomic E-state index is -0.936. The van der Waals surface area contributed by atoms with Crippen molar-refractivity contribution in [2.24, 2.45) is 0 Å². The molecule has 0 saturated heterocycles. The molecule has 2 rings (SSSR count). The lowest BCUT2D eigenvalue weighted by Gasteiger charge is -2.31. The molecule has 0 aliphatic rings. The van der Waals surface area contributed by atoms with Crippen LogP contribution in [0.4, 0.5) is 0 Å². The summed E-state index contributed by atoms with van der Waals surface area (Å²) in [7, 11) is 0. The molecule has 0 aliphatic carbocycles. The van der Waals surface area contributed by atoms with Gasteiger partial charge in [-0.3, -0.25) is 0 Å². The van der Waals surface area contributed by atoms with Gasteiger partial charge >= 0.3 is 0 Å². The van der Waals surface area contributed by atoms with Crippen molar-refractivity contribution in [2.75, 3.05) is 0 Å². The van der Waals surface area contributed by atoms with Crippen molar-refractivity contribution >= 4 is 0 Å². The van der Waals surface area contributed by atoms with E-state index in [1.807, 2.05) is 60.7 Å². The van der Waals surface area contributed by atoms with Crippen LogP contribution in [0.25, 0.3) is 0 Å². The molecule has 0 aliphatic heterocycles. The van der Waals surface area contributed by atoms with E-state index in [4.69, 9.17) is 0 Å². The number of hydrazine groups is 1. The first-order chi connectivity index (χ1) is 10.5. The summed E-state index contributed by atoms with van der Waals surface area (Å²) in [5.74, 6) is 0. The Morgan fingerprint density at radius 3 is 1.27 bits per heavy atom. The molecule has 0 bridgehead atoms. The van der Waals surface area contributed by atoms with Crippen LogP contribution in [0.2, 0.25) is 0 Å². The Morgan fingerprint density at radius 2 is 1.00 bits per heavy atom. The molecule has 0 aromatic heterocycles. The van der Waals surface area contributed by atoms with E-state index in [1.54, 1.807) is 13.8 Å². The van der Waals surface area contributed by atoms with Crippen molar-refractivity contribution in [1.82, 2.24) is 10.9 Å². The molecule has 0 saturated carbocycles. The van der Waals surface area contributed by atoms with Crippen LogP contribution >= 0.6 is 0 Å². The molecule has 0 heterocycles. The summed E-state index contributed by atoms with van der Waals surface area (Å²) in [6.07, 6.45) is 0. The van der Waals surface area contributed by atoms with E-state index in [0.29, 0.717) is 0 Å². The van der Waals surface area contributed by atoms with Crippen LogP contribution in [0.3, 0.4) is 0 Å². The minimum absolute atomic E-state index is 0.832. The summed E-state index contributed by atoms with van der Waals surface area (Å²) in [6.45, 7) is 3.55. The summed E-state index contributed by atoms with van der Waals surface area (Å²) in [6, 6.07) is 23.4. The second-order valence-corrected chi connectivity index (χ2v) is 5.46. The normalized spacial score (nSPS) is 15.8. The van der Waals surface area contributed by atoms with Gasteiger partial charge in [-0.05, 0) is 25.0 Å². The van der Waals surface area contributed by atoms with Gasteiger partial charge in [0.25, 0.3) is 0 Å². The zero-order chi connectivity index (χ0) is 16.1. The van der Waals surface area contributed by atoms with Crippen LogP contribution in [0.5, 0.6) is 0 Å². The SMILES string of the molecule is C[C@](C#N)(NN[C@](C)(C#N)c1ccccc1)c1ccccc1. The molecule has 4 nitrogen and oxygen atoms in total.